The Kier molecular flexibility index (Phi) is 5.33. The molecular formula is C11H16ClO3P. The molecule has 0 N–H and O–H groups in total. The van der Waals surface area contributed by atoms with Crippen molar-refractivity contribution in [2.75, 3.05) is 13.3 Å². The Bertz CT molecular complexity index is 350. The van der Waals surface area contributed by atoms with E-state index in [9.17, 15) is 4.57 Å². The molecule has 0 aromatic heterocycles. The molecule has 0 aliphatic rings. The molecule has 0 aliphatic carbocycles. The summed E-state index contributed by atoms with van der Waals surface area (Å²) in [4.78, 5) is 0. The van der Waals surface area contributed by atoms with E-state index in [2.05, 4.69) is 0 Å². The Morgan fingerprint density at radius 1 is 1.38 bits per heavy atom. The molecule has 2 unspecified atom stereocenters. The highest BCUT2D eigenvalue weighted by molar-refractivity contribution is 7.84. The van der Waals surface area contributed by atoms with Crippen LogP contribution in [-0.2, 0) is 9.09 Å². The van der Waals surface area contributed by atoms with Crippen LogP contribution in [0.15, 0.2) is 30.3 Å². The molecule has 0 radical (unpaired) electrons. The van der Waals surface area contributed by atoms with E-state index in [-0.39, 0.29) is 6.10 Å². The van der Waals surface area contributed by atoms with E-state index in [1.165, 1.54) is 6.66 Å². The highest BCUT2D eigenvalue weighted by atomic mass is 35.7. The van der Waals surface area contributed by atoms with Gasteiger partial charge in [-0.15, -0.1) is 0 Å². The van der Waals surface area contributed by atoms with Gasteiger partial charge in [-0.05, 0) is 29.8 Å². The van der Waals surface area contributed by atoms with Crippen molar-refractivity contribution in [3.63, 3.8) is 0 Å². The van der Waals surface area contributed by atoms with Crippen LogP contribution in [0.2, 0.25) is 0 Å². The number of halogens is 1. The number of hydrogen-bond acceptors (Lipinski definition) is 3. The van der Waals surface area contributed by atoms with Gasteiger partial charge in [-0.1, -0.05) is 25.1 Å². The van der Waals surface area contributed by atoms with Gasteiger partial charge in [0.1, 0.15) is 12.4 Å². The highest BCUT2D eigenvalue weighted by Gasteiger charge is 2.18. The first kappa shape index (κ1) is 13.6. The molecule has 0 heterocycles. The molecule has 2 atom stereocenters. The number of hydrogen-bond donors (Lipinski definition) is 0. The Balaban J connectivity index is 2.43. The summed E-state index contributed by atoms with van der Waals surface area (Å²) in [6, 6.07) is 9.42. The van der Waals surface area contributed by atoms with E-state index in [1.54, 1.807) is 0 Å². The van der Waals surface area contributed by atoms with Gasteiger partial charge in [0.25, 0.3) is 6.72 Å². The van der Waals surface area contributed by atoms with Crippen LogP contribution < -0.4 is 4.74 Å². The summed E-state index contributed by atoms with van der Waals surface area (Å²) in [7, 11) is 0. The molecular weight excluding hydrogens is 247 g/mol. The lowest BCUT2D eigenvalue weighted by molar-refractivity contribution is 0.132. The monoisotopic (exact) mass is 262 g/mol. The normalized spacial score (nSPS) is 16.4. The molecule has 0 saturated heterocycles. The van der Waals surface area contributed by atoms with Gasteiger partial charge in [0.2, 0.25) is 0 Å². The third-order valence-electron chi connectivity index (χ3n) is 1.97. The summed E-state index contributed by atoms with van der Waals surface area (Å²) in [6.45, 7) is 0.710. The maximum absolute atomic E-state index is 11.3. The second kappa shape index (κ2) is 6.29. The van der Waals surface area contributed by atoms with Crippen LogP contribution in [0.1, 0.15) is 13.3 Å². The topological polar surface area (TPSA) is 35.5 Å². The summed E-state index contributed by atoms with van der Waals surface area (Å²) in [6.07, 6.45) is 0.464. The first-order valence-electron chi connectivity index (χ1n) is 5.14. The van der Waals surface area contributed by atoms with Crippen molar-refractivity contribution in [2.45, 2.75) is 19.4 Å². The van der Waals surface area contributed by atoms with E-state index in [0.717, 1.165) is 5.75 Å². The third-order valence-corrected chi connectivity index (χ3v) is 2.89. The molecule has 5 heteroatoms. The lowest BCUT2D eigenvalue weighted by Crippen LogP contribution is -2.19. The van der Waals surface area contributed by atoms with Crippen LogP contribution in [0.5, 0.6) is 5.75 Å². The summed E-state index contributed by atoms with van der Waals surface area (Å²) < 4.78 is 22.0. The van der Waals surface area contributed by atoms with Crippen molar-refractivity contribution in [3.8, 4) is 5.75 Å². The minimum absolute atomic E-state index is 0.242. The molecule has 0 amide bonds. The zero-order valence-corrected chi connectivity index (χ0v) is 11.1. The average molecular weight is 263 g/mol. The van der Waals surface area contributed by atoms with Crippen LogP contribution in [-0.4, -0.2) is 19.4 Å². The molecule has 1 aromatic carbocycles. The lowest BCUT2D eigenvalue weighted by atomic mass is 10.3. The first-order valence-corrected chi connectivity index (χ1v) is 8.12. The molecule has 90 valence electrons. The molecule has 0 spiro atoms. The van der Waals surface area contributed by atoms with Gasteiger partial charge >= 0.3 is 0 Å². The maximum Gasteiger partial charge on any atom is 0.287 e. The predicted octanol–water partition coefficient (Wildman–Crippen LogP) is 3.92. The molecule has 1 aromatic rings. The predicted molar refractivity (Wildman–Crippen MR) is 66.5 cm³/mol. The molecule has 1 rings (SSSR count). The molecule has 0 aliphatic heterocycles. The largest absolute Gasteiger partial charge is 0.491 e. The number of ether oxygens (including phenoxy) is 1. The van der Waals surface area contributed by atoms with Gasteiger partial charge in [0.15, 0.2) is 0 Å². The Morgan fingerprint density at radius 2 is 2.00 bits per heavy atom. The Labute approximate surface area is 101 Å². The van der Waals surface area contributed by atoms with Crippen LogP contribution in [0.25, 0.3) is 0 Å². The van der Waals surface area contributed by atoms with Gasteiger partial charge in [0, 0.05) is 6.66 Å². The summed E-state index contributed by atoms with van der Waals surface area (Å²) >= 11 is 5.57. The zero-order chi connectivity index (χ0) is 12.0. The lowest BCUT2D eigenvalue weighted by Gasteiger charge is -2.18. The van der Waals surface area contributed by atoms with E-state index < -0.39 is 6.72 Å². The van der Waals surface area contributed by atoms with Crippen molar-refractivity contribution in [1.29, 1.82) is 0 Å². The molecule has 0 bridgehead atoms. The summed E-state index contributed by atoms with van der Waals surface area (Å²) in [5.74, 6) is 0.769. The van der Waals surface area contributed by atoms with Crippen LogP contribution in [0.3, 0.4) is 0 Å². The number of para-hydroxylation sites is 1. The van der Waals surface area contributed by atoms with E-state index in [4.69, 9.17) is 20.5 Å². The van der Waals surface area contributed by atoms with Crippen LogP contribution in [0.4, 0.5) is 0 Å². The molecule has 16 heavy (non-hydrogen) atoms. The number of benzene rings is 1. The Hall–Kier alpha value is -0.500. The maximum atomic E-state index is 11.3. The SMILES string of the molecule is CCC(COc1ccccc1)OP(C)(=O)Cl. The fourth-order valence-corrected chi connectivity index (χ4v) is 2.28. The second-order valence-corrected chi connectivity index (χ2v) is 7.05. The summed E-state index contributed by atoms with van der Waals surface area (Å²) in [5.41, 5.74) is 0. The summed E-state index contributed by atoms with van der Waals surface area (Å²) in [5, 5.41) is 0. The standard InChI is InChI=1S/C11H16ClO3P/c1-3-10(15-16(2,12)13)9-14-11-7-5-4-6-8-11/h4-8,10H,3,9H2,1-2H3. The van der Waals surface area contributed by atoms with Crippen molar-refractivity contribution in [2.24, 2.45) is 0 Å². The smallest absolute Gasteiger partial charge is 0.287 e. The average Bonchev–Trinajstić information content (AvgIpc) is 2.24. The van der Waals surface area contributed by atoms with Crippen molar-refractivity contribution in [3.05, 3.63) is 30.3 Å². The van der Waals surface area contributed by atoms with E-state index >= 15 is 0 Å². The van der Waals surface area contributed by atoms with Crippen molar-refractivity contribution < 1.29 is 13.8 Å². The number of rotatable bonds is 6. The van der Waals surface area contributed by atoms with Gasteiger partial charge < -0.3 is 9.26 Å². The van der Waals surface area contributed by atoms with Gasteiger partial charge in [-0.3, -0.25) is 4.57 Å². The Morgan fingerprint density at radius 3 is 2.50 bits per heavy atom. The second-order valence-electron chi connectivity index (χ2n) is 3.51. The molecule has 0 saturated carbocycles. The van der Waals surface area contributed by atoms with Crippen molar-refractivity contribution >= 4 is 18.0 Å². The zero-order valence-electron chi connectivity index (χ0n) is 9.43. The molecule has 3 nitrogen and oxygen atoms in total. The molecule has 0 fully saturated rings. The fraction of sp³-hybridized carbons (Fsp3) is 0.455. The quantitative estimate of drug-likeness (QED) is 0.729. The van der Waals surface area contributed by atoms with Gasteiger partial charge in [-0.25, -0.2) is 0 Å². The van der Waals surface area contributed by atoms with Crippen molar-refractivity contribution in [1.82, 2.24) is 0 Å². The van der Waals surface area contributed by atoms with Crippen LogP contribution in [0, 0.1) is 0 Å². The van der Waals surface area contributed by atoms with Crippen LogP contribution >= 0.6 is 18.0 Å². The van der Waals surface area contributed by atoms with Gasteiger partial charge in [-0.2, -0.15) is 0 Å². The first-order chi connectivity index (χ1) is 7.51. The van der Waals surface area contributed by atoms with E-state index in [0.29, 0.717) is 13.0 Å². The van der Waals surface area contributed by atoms with Gasteiger partial charge in [0.05, 0.1) is 6.10 Å². The van der Waals surface area contributed by atoms with E-state index in [1.807, 2.05) is 37.3 Å². The minimum atomic E-state index is -2.97. The fourth-order valence-electron chi connectivity index (χ4n) is 1.19. The highest BCUT2D eigenvalue weighted by Crippen LogP contribution is 2.49. The third kappa shape index (κ3) is 5.55. The minimum Gasteiger partial charge on any atom is -0.491 e.